The van der Waals surface area contributed by atoms with E-state index < -0.39 is 6.04 Å². The highest BCUT2D eigenvalue weighted by molar-refractivity contribution is 5.93. The van der Waals surface area contributed by atoms with E-state index in [1.807, 2.05) is 0 Å². The van der Waals surface area contributed by atoms with Crippen molar-refractivity contribution < 1.29 is 4.79 Å². The molecule has 0 bridgehead atoms. The van der Waals surface area contributed by atoms with E-state index in [0.29, 0.717) is 11.7 Å². The van der Waals surface area contributed by atoms with E-state index in [9.17, 15) is 4.79 Å². The van der Waals surface area contributed by atoms with Gasteiger partial charge in [-0.05, 0) is 12.8 Å². The minimum Gasteiger partial charge on any atom is -0.320 e. The lowest BCUT2D eigenvalue weighted by Gasteiger charge is -2.11. The van der Waals surface area contributed by atoms with Gasteiger partial charge < -0.3 is 11.1 Å². The number of rotatable bonds is 4. The lowest BCUT2D eigenvalue weighted by molar-refractivity contribution is -0.117. The number of carbonyl (C=O) groups excluding carboxylic acids is 1. The van der Waals surface area contributed by atoms with Crippen LogP contribution in [0.1, 0.15) is 20.8 Å². The number of hydrogen-bond donors (Lipinski definition) is 2. The second kappa shape index (κ2) is 6.50. The Hall–Kier alpha value is -1.07. The van der Waals surface area contributed by atoms with Crippen LogP contribution in [0.2, 0.25) is 0 Å². The summed E-state index contributed by atoms with van der Waals surface area (Å²) in [6.45, 7) is 6.62. The smallest absolute Gasteiger partial charge is 0.242 e. The lowest BCUT2D eigenvalue weighted by atomic mass is 10.2. The number of nitrogens with zero attached hydrogens (tertiary/aromatic N) is 2. The van der Waals surface area contributed by atoms with Gasteiger partial charge in [0, 0.05) is 12.6 Å². The molecule has 1 aromatic rings. The van der Waals surface area contributed by atoms with Crippen LogP contribution in [-0.2, 0) is 11.3 Å². The van der Waals surface area contributed by atoms with Crippen LogP contribution in [0.15, 0.2) is 12.3 Å². The molecule has 0 fully saturated rings. The summed E-state index contributed by atoms with van der Waals surface area (Å²) in [5.41, 5.74) is 5.46. The van der Waals surface area contributed by atoms with Gasteiger partial charge in [-0.3, -0.25) is 4.79 Å². The van der Waals surface area contributed by atoms with Crippen LogP contribution in [0.4, 0.5) is 5.82 Å². The average Bonchev–Trinajstić information content (AvgIpc) is 2.51. The molecule has 92 valence electrons. The Balaban J connectivity index is 0.00000225. The van der Waals surface area contributed by atoms with Crippen molar-refractivity contribution >= 4 is 24.1 Å². The Morgan fingerprint density at radius 3 is 2.69 bits per heavy atom. The first-order chi connectivity index (χ1) is 7.00. The van der Waals surface area contributed by atoms with E-state index in [1.54, 1.807) is 23.9 Å². The zero-order valence-electron chi connectivity index (χ0n) is 9.80. The fourth-order valence-corrected chi connectivity index (χ4v) is 1.17. The molecule has 1 amide bonds. The van der Waals surface area contributed by atoms with Gasteiger partial charge in [-0.25, -0.2) is 4.68 Å². The highest BCUT2D eigenvalue weighted by Gasteiger charge is 2.11. The van der Waals surface area contributed by atoms with Gasteiger partial charge in [0.1, 0.15) is 5.82 Å². The predicted molar refractivity (Wildman–Crippen MR) is 66.6 cm³/mol. The van der Waals surface area contributed by atoms with Crippen LogP contribution in [0.25, 0.3) is 0 Å². The Morgan fingerprint density at radius 1 is 1.56 bits per heavy atom. The molecule has 0 aliphatic heterocycles. The molecule has 0 aromatic carbocycles. The SMILES string of the molecule is CC(C)Cn1nccc1NC(=O)[C@@H](C)N.Cl. The Morgan fingerprint density at radius 2 is 2.19 bits per heavy atom. The number of hydrogen-bond acceptors (Lipinski definition) is 3. The molecule has 0 aliphatic rings. The van der Waals surface area contributed by atoms with Crippen molar-refractivity contribution in [3.63, 3.8) is 0 Å². The van der Waals surface area contributed by atoms with Crippen LogP contribution >= 0.6 is 12.4 Å². The number of amides is 1. The average molecular weight is 247 g/mol. The molecule has 1 heterocycles. The summed E-state index contributed by atoms with van der Waals surface area (Å²) in [5.74, 6) is 0.988. The van der Waals surface area contributed by atoms with Crippen molar-refractivity contribution in [1.29, 1.82) is 0 Å². The molecule has 0 saturated carbocycles. The van der Waals surface area contributed by atoms with Crippen LogP contribution in [-0.4, -0.2) is 21.7 Å². The Kier molecular flexibility index (Phi) is 6.06. The summed E-state index contributed by atoms with van der Waals surface area (Å²) in [7, 11) is 0. The van der Waals surface area contributed by atoms with Gasteiger partial charge in [-0.2, -0.15) is 5.10 Å². The summed E-state index contributed by atoms with van der Waals surface area (Å²) < 4.78 is 1.77. The van der Waals surface area contributed by atoms with Gasteiger partial charge in [-0.1, -0.05) is 13.8 Å². The standard InChI is InChI=1S/C10H18N4O.ClH/c1-7(2)6-14-9(4-5-12-14)13-10(15)8(3)11;/h4-5,7-8H,6,11H2,1-3H3,(H,13,15);1H/t8-;/m1./s1. The molecule has 1 atom stereocenters. The number of nitrogens with two attached hydrogens (primary N) is 1. The summed E-state index contributed by atoms with van der Waals surface area (Å²) in [5, 5.41) is 6.86. The Bertz CT molecular complexity index is 335. The van der Waals surface area contributed by atoms with Crippen molar-refractivity contribution in [3.8, 4) is 0 Å². The van der Waals surface area contributed by atoms with Gasteiger partial charge in [0.05, 0.1) is 12.2 Å². The minimum absolute atomic E-state index is 0. The first-order valence-corrected chi connectivity index (χ1v) is 5.09. The molecule has 16 heavy (non-hydrogen) atoms. The second-order valence-electron chi connectivity index (χ2n) is 4.07. The molecule has 0 radical (unpaired) electrons. The van der Waals surface area contributed by atoms with Gasteiger partial charge in [0.25, 0.3) is 0 Å². The minimum atomic E-state index is -0.507. The number of aromatic nitrogens is 2. The lowest BCUT2D eigenvalue weighted by Crippen LogP contribution is -2.33. The zero-order valence-corrected chi connectivity index (χ0v) is 10.6. The molecular formula is C10H19ClN4O. The predicted octanol–water partition coefficient (Wildman–Crippen LogP) is 1.25. The summed E-state index contributed by atoms with van der Waals surface area (Å²) >= 11 is 0. The fraction of sp³-hybridized carbons (Fsp3) is 0.600. The van der Waals surface area contributed by atoms with Gasteiger partial charge in [0.2, 0.25) is 5.91 Å². The van der Waals surface area contributed by atoms with Crippen molar-refractivity contribution in [2.45, 2.75) is 33.4 Å². The number of nitrogens with one attached hydrogen (secondary N) is 1. The second-order valence-corrected chi connectivity index (χ2v) is 4.07. The maximum absolute atomic E-state index is 11.4. The summed E-state index contributed by atoms with van der Waals surface area (Å²) in [6.07, 6.45) is 1.67. The maximum Gasteiger partial charge on any atom is 0.242 e. The van der Waals surface area contributed by atoms with Crippen LogP contribution in [0.3, 0.4) is 0 Å². The normalized spacial score (nSPS) is 12.1. The van der Waals surface area contributed by atoms with Crippen molar-refractivity contribution in [3.05, 3.63) is 12.3 Å². The van der Waals surface area contributed by atoms with E-state index in [0.717, 1.165) is 6.54 Å². The van der Waals surface area contributed by atoms with Gasteiger partial charge >= 0.3 is 0 Å². The molecular weight excluding hydrogens is 228 g/mol. The van der Waals surface area contributed by atoms with Gasteiger partial charge in [0.15, 0.2) is 0 Å². The summed E-state index contributed by atoms with van der Waals surface area (Å²) in [4.78, 5) is 11.4. The third kappa shape index (κ3) is 4.20. The van der Waals surface area contributed by atoms with E-state index in [-0.39, 0.29) is 18.3 Å². The van der Waals surface area contributed by atoms with Crippen molar-refractivity contribution in [2.24, 2.45) is 11.7 Å². The van der Waals surface area contributed by atoms with E-state index >= 15 is 0 Å². The van der Waals surface area contributed by atoms with E-state index in [4.69, 9.17) is 5.73 Å². The first kappa shape index (κ1) is 14.9. The molecule has 0 spiro atoms. The number of carbonyl (C=O) groups is 1. The molecule has 6 heteroatoms. The third-order valence-electron chi connectivity index (χ3n) is 1.92. The highest BCUT2D eigenvalue weighted by Crippen LogP contribution is 2.09. The molecule has 0 aliphatic carbocycles. The zero-order chi connectivity index (χ0) is 11.4. The van der Waals surface area contributed by atoms with Crippen molar-refractivity contribution in [2.75, 3.05) is 5.32 Å². The molecule has 3 N–H and O–H groups in total. The number of halogens is 1. The monoisotopic (exact) mass is 246 g/mol. The van der Waals surface area contributed by atoms with Gasteiger partial charge in [-0.15, -0.1) is 12.4 Å². The highest BCUT2D eigenvalue weighted by atomic mass is 35.5. The van der Waals surface area contributed by atoms with Crippen LogP contribution in [0, 0.1) is 5.92 Å². The topological polar surface area (TPSA) is 72.9 Å². The third-order valence-corrected chi connectivity index (χ3v) is 1.92. The van der Waals surface area contributed by atoms with E-state index in [2.05, 4.69) is 24.3 Å². The molecule has 0 saturated heterocycles. The molecule has 5 nitrogen and oxygen atoms in total. The van der Waals surface area contributed by atoms with E-state index in [1.165, 1.54) is 0 Å². The number of anilines is 1. The molecule has 1 aromatic heterocycles. The largest absolute Gasteiger partial charge is 0.320 e. The fourth-order valence-electron chi connectivity index (χ4n) is 1.17. The maximum atomic E-state index is 11.4. The Labute approximate surface area is 102 Å². The van der Waals surface area contributed by atoms with Crippen LogP contribution in [0.5, 0.6) is 0 Å². The van der Waals surface area contributed by atoms with Crippen molar-refractivity contribution in [1.82, 2.24) is 9.78 Å². The molecule has 0 unspecified atom stereocenters. The molecule has 1 rings (SSSR count). The first-order valence-electron chi connectivity index (χ1n) is 5.09. The quantitative estimate of drug-likeness (QED) is 0.840. The summed E-state index contributed by atoms with van der Waals surface area (Å²) in [6, 6.07) is 1.26. The van der Waals surface area contributed by atoms with Crippen LogP contribution < -0.4 is 11.1 Å².